The molecule has 7 nitrogen and oxygen atoms in total. The van der Waals surface area contributed by atoms with E-state index in [1.54, 1.807) is 19.2 Å². The molecular weight excluding hydrogens is 538 g/mol. The molecule has 1 aromatic heterocycles. The van der Waals surface area contributed by atoms with Crippen LogP contribution in [-0.4, -0.2) is 45.5 Å². The predicted molar refractivity (Wildman–Crippen MR) is 168 cm³/mol. The van der Waals surface area contributed by atoms with E-state index in [0.717, 1.165) is 46.4 Å². The first kappa shape index (κ1) is 30.5. The molecule has 1 atom stereocenters. The van der Waals surface area contributed by atoms with Crippen molar-refractivity contribution in [2.45, 2.75) is 71.3 Å². The molecule has 226 valence electrons. The predicted octanol–water partition coefficient (Wildman–Crippen LogP) is 7.21. The van der Waals surface area contributed by atoms with E-state index >= 15 is 0 Å². The monoisotopic (exact) mass is 581 g/mol. The molecule has 43 heavy (non-hydrogen) atoms. The maximum Gasteiger partial charge on any atom is 0.323 e. The van der Waals surface area contributed by atoms with Gasteiger partial charge in [-0.25, -0.2) is 9.97 Å². The summed E-state index contributed by atoms with van der Waals surface area (Å²) in [5.74, 6) is 2.73. The number of carbonyl (C=O) groups excluding carboxylic acids is 1. The highest BCUT2D eigenvalue weighted by Crippen LogP contribution is 2.41. The summed E-state index contributed by atoms with van der Waals surface area (Å²) in [6.07, 6.45) is 16.9. The number of hydrogen-bond donors (Lipinski definition) is 1. The quantitative estimate of drug-likeness (QED) is 0.257. The molecule has 1 heterocycles. The number of carboxylic acids is 1. The molecule has 0 radical (unpaired) electrons. The summed E-state index contributed by atoms with van der Waals surface area (Å²) < 4.78 is 5.17. The second kappa shape index (κ2) is 14.5. The highest BCUT2D eigenvalue weighted by atomic mass is 16.5. The second-order valence-corrected chi connectivity index (χ2v) is 12.1. The molecule has 0 aliphatic heterocycles. The highest BCUT2D eigenvalue weighted by molar-refractivity contribution is 5.83. The summed E-state index contributed by atoms with van der Waals surface area (Å²) in [7, 11) is 1.59. The number of benzene rings is 2. The summed E-state index contributed by atoms with van der Waals surface area (Å²) in [5.41, 5.74) is 4.99. The Morgan fingerprint density at radius 2 is 1.56 bits per heavy atom. The number of nitrogens with zero attached hydrogens (tertiary/aromatic N) is 3. The van der Waals surface area contributed by atoms with Crippen molar-refractivity contribution >= 4 is 17.4 Å². The van der Waals surface area contributed by atoms with Gasteiger partial charge in [-0.05, 0) is 78.7 Å². The van der Waals surface area contributed by atoms with Crippen LogP contribution in [0.2, 0.25) is 0 Å². The van der Waals surface area contributed by atoms with E-state index < -0.39 is 5.97 Å². The molecule has 3 aromatic rings. The lowest BCUT2D eigenvalue weighted by Crippen LogP contribution is -2.36. The smallest absolute Gasteiger partial charge is 0.323 e. The van der Waals surface area contributed by atoms with E-state index in [9.17, 15) is 14.7 Å². The molecule has 7 heteroatoms. The SMILES string of the molecule is CCC1CCC(C2CC=C(c3cnc(-c4ccc(CN(CC(=O)O)C(=O)Cc5ccc(OC)cc5)cc4)nc3)CC2)CC1. The minimum absolute atomic E-state index is 0.118. The lowest BCUT2D eigenvalue weighted by Gasteiger charge is -2.35. The van der Waals surface area contributed by atoms with E-state index in [0.29, 0.717) is 11.6 Å². The second-order valence-electron chi connectivity index (χ2n) is 12.1. The Hall–Kier alpha value is -4.00. The third-order valence-corrected chi connectivity index (χ3v) is 9.39. The molecule has 1 amide bonds. The maximum absolute atomic E-state index is 13.0. The van der Waals surface area contributed by atoms with Gasteiger partial charge in [0.2, 0.25) is 5.91 Å². The number of carbonyl (C=O) groups is 2. The average molecular weight is 582 g/mol. The Kier molecular flexibility index (Phi) is 10.2. The van der Waals surface area contributed by atoms with Gasteiger partial charge in [-0.15, -0.1) is 0 Å². The fourth-order valence-electron chi connectivity index (χ4n) is 6.66. The summed E-state index contributed by atoms with van der Waals surface area (Å²) in [6.45, 7) is 2.17. The summed E-state index contributed by atoms with van der Waals surface area (Å²) in [6, 6.07) is 14.9. The number of carboxylic acid groups (broad SMARTS) is 1. The van der Waals surface area contributed by atoms with Crippen LogP contribution in [0.25, 0.3) is 17.0 Å². The van der Waals surface area contributed by atoms with Crippen LogP contribution in [-0.2, 0) is 22.6 Å². The molecule has 1 saturated carbocycles. The van der Waals surface area contributed by atoms with Crippen molar-refractivity contribution in [1.82, 2.24) is 14.9 Å². The molecule has 0 saturated heterocycles. The van der Waals surface area contributed by atoms with Gasteiger partial charge in [-0.1, -0.05) is 68.7 Å². The first-order valence-electron chi connectivity index (χ1n) is 15.6. The largest absolute Gasteiger partial charge is 0.497 e. The van der Waals surface area contributed by atoms with Gasteiger partial charge in [0.1, 0.15) is 12.3 Å². The lowest BCUT2D eigenvalue weighted by molar-refractivity contribution is -0.144. The van der Waals surface area contributed by atoms with Crippen molar-refractivity contribution in [3.63, 3.8) is 0 Å². The van der Waals surface area contributed by atoms with E-state index in [-0.39, 0.29) is 25.4 Å². The Morgan fingerprint density at radius 3 is 2.14 bits per heavy atom. The Labute approximate surface area is 255 Å². The van der Waals surface area contributed by atoms with Crippen LogP contribution in [0.5, 0.6) is 5.75 Å². The number of ether oxygens (including phenoxy) is 1. The van der Waals surface area contributed by atoms with Crippen molar-refractivity contribution in [2.75, 3.05) is 13.7 Å². The van der Waals surface area contributed by atoms with Crippen LogP contribution in [0.3, 0.4) is 0 Å². The molecular formula is C36H43N3O4. The van der Waals surface area contributed by atoms with Crippen LogP contribution < -0.4 is 4.74 Å². The summed E-state index contributed by atoms with van der Waals surface area (Å²) >= 11 is 0. The van der Waals surface area contributed by atoms with E-state index in [2.05, 4.69) is 23.0 Å². The lowest BCUT2D eigenvalue weighted by atomic mass is 9.71. The van der Waals surface area contributed by atoms with Crippen molar-refractivity contribution < 1.29 is 19.4 Å². The third kappa shape index (κ3) is 8.09. The fraction of sp³-hybridized carbons (Fsp3) is 0.444. The first-order chi connectivity index (χ1) is 20.9. The Balaban J connectivity index is 1.17. The topological polar surface area (TPSA) is 92.6 Å². The molecule has 1 N–H and O–H groups in total. The van der Waals surface area contributed by atoms with Crippen LogP contribution >= 0.6 is 0 Å². The van der Waals surface area contributed by atoms with E-state index in [4.69, 9.17) is 4.74 Å². The number of rotatable bonds is 11. The summed E-state index contributed by atoms with van der Waals surface area (Å²) in [5, 5.41) is 9.41. The fourth-order valence-corrected chi connectivity index (χ4v) is 6.66. The number of aliphatic carboxylic acids is 1. The number of aromatic nitrogens is 2. The third-order valence-electron chi connectivity index (χ3n) is 9.39. The van der Waals surface area contributed by atoms with Gasteiger partial charge in [0.25, 0.3) is 0 Å². The maximum atomic E-state index is 13.0. The molecule has 0 spiro atoms. The number of allylic oxidation sites excluding steroid dienone is 2. The molecule has 2 aliphatic rings. The normalized spacial score (nSPS) is 20.2. The van der Waals surface area contributed by atoms with Crippen molar-refractivity contribution in [1.29, 1.82) is 0 Å². The molecule has 2 aliphatic carbocycles. The van der Waals surface area contributed by atoms with Gasteiger partial charge < -0.3 is 14.7 Å². The van der Waals surface area contributed by atoms with Crippen molar-refractivity contribution in [3.05, 3.63) is 83.7 Å². The van der Waals surface area contributed by atoms with Crippen molar-refractivity contribution in [3.8, 4) is 17.1 Å². The zero-order valence-electron chi connectivity index (χ0n) is 25.4. The first-order valence-corrected chi connectivity index (χ1v) is 15.6. The number of methoxy groups -OCH3 is 1. The Bertz CT molecular complexity index is 1390. The van der Waals surface area contributed by atoms with Crippen LogP contribution in [0, 0.1) is 17.8 Å². The minimum atomic E-state index is -1.05. The van der Waals surface area contributed by atoms with Crippen molar-refractivity contribution in [2.24, 2.45) is 17.8 Å². The van der Waals surface area contributed by atoms with Crippen LogP contribution in [0.1, 0.15) is 75.0 Å². The minimum Gasteiger partial charge on any atom is -0.497 e. The van der Waals surface area contributed by atoms with Crippen LogP contribution in [0.15, 0.2) is 67.0 Å². The molecule has 0 bridgehead atoms. The summed E-state index contributed by atoms with van der Waals surface area (Å²) in [4.78, 5) is 35.2. The van der Waals surface area contributed by atoms with E-state index in [1.165, 1.54) is 55.4 Å². The molecule has 5 rings (SSSR count). The van der Waals surface area contributed by atoms with Gasteiger partial charge in [0.05, 0.1) is 13.5 Å². The van der Waals surface area contributed by atoms with E-state index in [1.807, 2.05) is 48.8 Å². The van der Waals surface area contributed by atoms with Crippen LogP contribution in [0.4, 0.5) is 0 Å². The average Bonchev–Trinajstić information content (AvgIpc) is 3.05. The molecule has 1 fully saturated rings. The highest BCUT2D eigenvalue weighted by Gasteiger charge is 2.28. The van der Waals surface area contributed by atoms with Gasteiger partial charge in [0, 0.05) is 30.1 Å². The van der Waals surface area contributed by atoms with Gasteiger partial charge in [0.15, 0.2) is 5.82 Å². The zero-order chi connectivity index (χ0) is 30.2. The van der Waals surface area contributed by atoms with Gasteiger partial charge in [-0.3, -0.25) is 9.59 Å². The Morgan fingerprint density at radius 1 is 0.884 bits per heavy atom. The standard InChI is InChI=1S/C36H43N3O4/c1-3-25-4-10-28(11-5-25)29-14-16-30(17-15-29)32-21-37-36(38-22-32)31-12-6-27(7-13-31)23-39(24-35(41)42)34(40)20-26-8-18-33(43-2)19-9-26/h6-9,12-13,16,18-19,21-22,25,28-29H,3-5,10-11,14-15,17,20,23-24H2,1-2H3,(H,41,42). The molecule has 2 aromatic carbocycles. The molecule has 1 unspecified atom stereocenters. The number of hydrogen-bond acceptors (Lipinski definition) is 5. The number of amides is 1. The van der Waals surface area contributed by atoms with Gasteiger partial charge >= 0.3 is 5.97 Å². The zero-order valence-corrected chi connectivity index (χ0v) is 25.4. The van der Waals surface area contributed by atoms with Gasteiger partial charge in [-0.2, -0.15) is 0 Å².